The molecule has 0 aliphatic heterocycles. The molecular formula is C11H23NO5. The van der Waals surface area contributed by atoms with E-state index >= 15 is 0 Å². The van der Waals surface area contributed by atoms with Crippen LogP contribution in [0.1, 0.15) is 13.3 Å². The molecule has 0 rings (SSSR count). The van der Waals surface area contributed by atoms with Gasteiger partial charge < -0.3 is 24.6 Å². The van der Waals surface area contributed by atoms with Crippen molar-refractivity contribution in [2.75, 3.05) is 47.2 Å². The second-order valence-corrected chi connectivity index (χ2v) is 4.06. The molecule has 0 heterocycles. The van der Waals surface area contributed by atoms with Crippen LogP contribution in [0, 0.1) is 0 Å². The van der Waals surface area contributed by atoms with Crippen molar-refractivity contribution >= 4 is 5.91 Å². The summed E-state index contributed by atoms with van der Waals surface area (Å²) in [6.45, 7) is 3.10. The Morgan fingerprint density at radius 2 is 1.88 bits per heavy atom. The maximum absolute atomic E-state index is 11.3. The van der Waals surface area contributed by atoms with Gasteiger partial charge in [-0.2, -0.15) is 0 Å². The van der Waals surface area contributed by atoms with Gasteiger partial charge in [0.15, 0.2) is 0 Å². The smallest absolute Gasteiger partial charge is 0.246 e. The van der Waals surface area contributed by atoms with Gasteiger partial charge in [0.25, 0.3) is 0 Å². The third kappa shape index (κ3) is 10.2. The van der Waals surface area contributed by atoms with E-state index in [9.17, 15) is 9.90 Å². The summed E-state index contributed by atoms with van der Waals surface area (Å²) in [4.78, 5) is 11.3. The fourth-order valence-corrected chi connectivity index (χ4v) is 1.06. The van der Waals surface area contributed by atoms with E-state index in [1.165, 1.54) is 0 Å². The summed E-state index contributed by atoms with van der Waals surface area (Å²) in [5, 5.41) is 12.4. The third-order valence-corrected chi connectivity index (χ3v) is 2.18. The van der Waals surface area contributed by atoms with Crippen LogP contribution in [0.3, 0.4) is 0 Å². The van der Waals surface area contributed by atoms with Crippen molar-refractivity contribution in [1.29, 1.82) is 0 Å². The number of methoxy groups -OCH3 is 2. The molecule has 2 N–H and O–H groups in total. The minimum Gasteiger partial charge on any atom is -0.388 e. The highest BCUT2D eigenvalue weighted by Gasteiger charge is 2.20. The highest BCUT2D eigenvalue weighted by atomic mass is 16.5. The monoisotopic (exact) mass is 249 g/mol. The van der Waals surface area contributed by atoms with Crippen LogP contribution in [0.4, 0.5) is 0 Å². The van der Waals surface area contributed by atoms with Crippen molar-refractivity contribution in [3.05, 3.63) is 0 Å². The van der Waals surface area contributed by atoms with E-state index in [0.29, 0.717) is 26.2 Å². The van der Waals surface area contributed by atoms with Crippen molar-refractivity contribution in [2.24, 2.45) is 0 Å². The Morgan fingerprint density at radius 1 is 1.24 bits per heavy atom. The van der Waals surface area contributed by atoms with Gasteiger partial charge in [-0.3, -0.25) is 4.79 Å². The topological polar surface area (TPSA) is 77.0 Å². The SMILES string of the molecule is COCCOCC(=O)NCC(C)(O)CCOC. The quantitative estimate of drug-likeness (QED) is 0.513. The van der Waals surface area contributed by atoms with Crippen molar-refractivity contribution < 1.29 is 24.1 Å². The molecule has 0 aromatic heterocycles. The molecule has 17 heavy (non-hydrogen) atoms. The number of nitrogens with one attached hydrogen (secondary N) is 1. The van der Waals surface area contributed by atoms with Gasteiger partial charge >= 0.3 is 0 Å². The molecule has 0 bridgehead atoms. The van der Waals surface area contributed by atoms with Crippen LogP contribution in [0.15, 0.2) is 0 Å². The van der Waals surface area contributed by atoms with E-state index in [2.05, 4.69) is 5.32 Å². The van der Waals surface area contributed by atoms with Crippen LogP contribution in [0.2, 0.25) is 0 Å². The summed E-state index contributed by atoms with van der Waals surface area (Å²) in [5.41, 5.74) is -0.960. The zero-order valence-electron chi connectivity index (χ0n) is 10.8. The molecule has 0 fully saturated rings. The van der Waals surface area contributed by atoms with Gasteiger partial charge in [-0.25, -0.2) is 0 Å². The van der Waals surface area contributed by atoms with Crippen LogP contribution in [-0.2, 0) is 19.0 Å². The highest BCUT2D eigenvalue weighted by Crippen LogP contribution is 2.07. The summed E-state index contributed by atoms with van der Waals surface area (Å²) >= 11 is 0. The molecule has 1 amide bonds. The van der Waals surface area contributed by atoms with E-state index < -0.39 is 5.60 Å². The molecule has 0 radical (unpaired) electrons. The fraction of sp³-hybridized carbons (Fsp3) is 0.909. The number of amides is 1. The lowest BCUT2D eigenvalue weighted by Gasteiger charge is -2.23. The maximum atomic E-state index is 11.3. The Morgan fingerprint density at radius 3 is 2.47 bits per heavy atom. The van der Waals surface area contributed by atoms with Crippen molar-refractivity contribution in [3.63, 3.8) is 0 Å². The first kappa shape index (κ1) is 16.3. The minimum atomic E-state index is -0.960. The highest BCUT2D eigenvalue weighted by molar-refractivity contribution is 5.77. The molecule has 1 atom stereocenters. The molecule has 0 aromatic rings. The molecular weight excluding hydrogens is 226 g/mol. The number of carbonyl (C=O) groups is 1. The van der Waals surface area contributed by atoms with E-state index in [4.69, 9.17) is 14.2 Å². The van der Waals surface area contributed by atoms with Crippen molar-refractivity contribution in [3.8, 4) is 0 Å². The number of hydrogen-bond donors (Lipinski definition) is 2. The Labute approximate surface area is 102 Å². The third-order valence-electron chi connectivity index (χ3n) is 2.18. The molecule has 1 unspecified atom stereocenters. The summed E-state index contributed by atoms with van der Waals surface area (Å²) < 4.78 is 14.7. The van der Waals surface area contributed by atoms with Crippen LogP contribution in [0.25, 0.3) is 0 Å². The number of ether oxygens (including phenoxy) is 3. The molecule has 0 aromatic carbocycles. The lowest BCUT2D eigenvalue weighted by atomic mass is 10.0. The summed E-state index contributed by atoms with van der Waals surface area (Å²) in [7, 11) is 3.13. The molecule has 0 aliphatic carbocycles. The first-order chi connectivity index (χ1) is 8.02. The molecule has 0 saturated carbocycles. The van der Waals surface area contributed by atoms with Crippen molar-refractivity contribution in [2.45, 2.75) is 18.9 Å². The van der Waals surface area contributed by atoms with Gasteiger partial charge in [0.1, 0.15) is 6.61 Å². The standard InChI is InChI=1S/C11H23NO5/c1-11(14,4-5-15-2)9-12-10(13)8-17-7-6-16-3/h14H,4-9H2,1-3H3,(H,12,13). The summed E-state index contributed by atoms with van der Waals surface area (Å²) in [6.07, 6.45) is 0.467. The molecule has 102 valence electrons. The van der Waals surface area contributed by atoms with E-state index in [-0.39, 0.29) is 19.1 Å². The Bertz CT molecular complexity index is 208. The second-order valence-electron chi connectivity index (χ2n) is 4.06. The molecule has 6 nitrogen and oxygen atoms in total. The first-order valence-corrected chi connectivity index (χ1v) is 5.56. The Balaban J connectivity index is 3.60. The molecule has 0 spiro atoms. The molecule has 6 heteroatoms. The largest absolute Gasteiger partial charge is 0.388 e. The summed E-state index contributed by atoms with van der Waals surface area (Å²) in [6, 6.07) is 0. The van der Waals surface area contributed by atoms with E-state index in [0.717, 1.165) is 0 Å². The maximum Gasteiger partial charge on any atom is 0.246 e. The molecule has 0 aliphatic rings. The van der Waals surface area contributed by atoms with Gasteiger partial charge in [-0.15, -0.1) is 0 Å². The number of carbonyl (C=O) groups excluding carboxylic acids is 1. The predicted molar refractivity (Wildman–Crippen MR) is 62.8 cm³/mol. The van der Waals surface area contributed by atoms with E-state index in [1.54, 1.807) is 21.1 Å². The van der Waals surface area contributed by atoms with Gasteiger partial charge in [-0.05, 0) is 6.92 Å². The number of rotatable bonds is 10. The van der Waals surface area contributed by atoms with Crippen LogP contribution in [-0.4, -0.2) is 63.8 Å². The zero-order chi connectivity index (χ0) is 13.1. The molecule has 0 saturated heterocycles. The summed E-state index contributed by atoms with van der Waals surface area (Å²) in [5.74, 6) is -0.251. The van der Waals surface area contributed by atoms with Gasteiger partial charge in [0.2, 0.25) is 5.91 Å². The van der Waals surface area contributed by atoms with Gasteiger partial charge in [0, 0.05) is 33.8 Å². The van der Waals surface area contributed by atoms with Crippen molar-refractivity contribution in [1.82, 2.24) is 5.32 Å². The predicted octanol–water partition coefficient (Wildman–Crippen LogP) is -0.447. The van der Waals surface area contributed by atoms with Crippen LogP contribution < -0.4 is 5.32 Å². The second kappa shape index (κ2) is 9.35. The lowest BCUT2D eigenvalue weighted by Crippen LogP contribution is -2.42. The normalized spacial score (nSPS) is 14.4. The average molecular weight is 249 g/mol. The van der Waals surface area contributed by atoms with Gasteiger partial charge in [0.05, 0.1) is 18.8 Å². The van der Waals surface area contributed by atoms with Crippen LogP contribution >= 0.6 is 0 Å². The van der Waals surface area contributed by atoms with Crippen LogP contribution in [0.5, 0.6) is 0 Å². The van der Waals surface area contributed by atoms with Gasteiger partial charge in [-0.1, -0.05) is 0 Å². The Kier molecular flexibility index (Phi) is 8.97. The minimum absolute atomic E-state index is 0.0241. The Hall–Kier alpha value is -0.690. The number of aliphatic hydroxyl groups is 1. The first-order valence-electron chi connectivity index (χ1n) is 5.56. The zero-order valence-corrected chi connectivity index (χ0v) is 10.8. The number of hydrogen-bond acceptors (Lipinski definition) is 5. The van der Waals surface area contributed by atoms with E-state index in [1.807, 2.05) is 0 Å². The lowest BCUT2D eigenvalue weighted by molar-refractivity contribution is -0.127. The average Bonchev–Trinajstić information content (AvgIpc) is 2.30. The fourth-order valence-electron chi connectivity index (χ4n) is 1.06.